The van der Waals surface area contributed by atoms with Crippen molar-refractivity contribution in [2.45, 2.75) is 25.3 Å². The van der Waals surface area contributed by atoms with Crippen LogP contribution in [0.3, 0.4) is 0 Å². The van der Waals surface area contributed by atoms with Gasteiger partial charge in [-0.25, -0.2) is 4.39 Å². The number of hydrogen-bond acceptors (Lipinski definition) is 2. The van der Waals surface area contributed by atoms with E-state index in [1.165, 1.54) is 12.1 Å². The lowest BCUT2D eigenvalue weighted by Crippen LogP contribution is -2.41. The van der Waals surface area contributed by atoms with E-state index in [0.29, 0.717) is 13.0 Å². The Bertz CT molecular complexity index is 389. The number of halogens is 1. The summed E-state index contributed by atoms with van der Waals surface area (Å²) in [6.07, 6.45) is 2.63. The normalized spacial score (nSPS) is 19.2. The maximum absolute atomic E-state index is 12.9. The van der Waals surface area contributed by atoms with Crippen LogP contribution in [0.15, 0.2) is 24.3 Å². The first kappa shape index (κ1) is 12.0. The van der Waals surface area contributed by atoms with Crippen molar-refractivity contribution >= 4 is 5.91 Å². The molecular formula is C13H17FN2O. The second-order valence-corrected chi connectivity index (χ2v) is 4.32. The van der Waals surface area contributed by atoms with Crippen LogP contribution in [0.5, 0.6) is 0 Å². The molecule has 1 saturated heterocycles. The van der Waals surface area contributed by atoms with E-state index < -0.39 is 0 Å². The molecule has 1 fully saturated rings. The number of nitrogens with one attached hydrogen (secondary N) is 2. The van der Waals surface area contributed by atoms with Gasteiger partial charge in [0.15, 0.2) is 0 Å². The van der Waals surface area contributed by atoms with Crippen molar-refractivity contribution in [1.29, 1.82) is 0 Å². The molecule has 1 unspecified atom stereocenters. The number of rotatable bonds is 4. The summed E-state index contributed by atoms with van der Waals surface area (Å²) in [5.41, 5.74) is 0.907. The van der Waals surface area contributed by atoms with Crippen LogP contribution in [-0.2, 0) is 11.2 Å². The van der Waals surface area contributed by atoms with Gasteiger partial charge in [-0.2, -0.15) is 0 Å². The molecule has 0 spiro atoms. The third-order valence-electron chi connectivity index (χ3n) is 2.98. The van der Waals surface area contributed by atoms with Crippen LogP contribution in [0, 0.1) is 5.82 Å². The Morgan fingerprint density at radius 3 is 3.12 bits per heavy atom. The fourth-order valence-electron chi connectivity index (χ4n) is 2.05. The summed E-state index contributed by atoms with van der Waals surface area (Å²) in [6, 6.07) is 6.43. The molecule has 3 nitrogen and oxygen atoms in total. The smallest absolute Gasteiger partial charge is 0.237 e. The molecule has 2 rings (SSSR count). The van der Waals surface area contributed by atoms with Gasteiger partial charge in [0.2, 0.25) is 5.91 Å². The van der Waals surface area contributed by atoms with Gasteiger partial charge in [0, 0.05) is 6.54 Å². The van der Waals surface area contributed by atoms with Gasteiger partial charge in [0.05, 0.1) is 6.04 Å². The van der Waals surface area contributed by atoms with Gasteiger partial charge < -0.3 is 10.6 Å². The van der Waals surface area contributed by atoms with Crippen molar-refractivity contribution in [2.24, 2.45) is 0 Å². The van der Waals surface area contributed by atoms with Crippen molar-refractivity contribution in [3.8, 4) is 0 Å². The van der Waals surface area contributed by atoms with Crippen LogP contribution in [0.25, 0.3) is 0 Å². The predicted molar refractivity (Wildman–Crippen MR) is 64.1 cm³/mol. The van der Waals surface area contributed by atoms with Crippen molar-refractivity contribution in [1.82, 2.24) is 10.6 Å². The van der Waals surface area contributed by atoms with E-state index >= 15 is 0 Å². The average Bonchev–Trinajstić information content (AvgIpc) is 2.82. The SMILES string of the molecule is O=C(NCCc1cccc(F)c1)C1CCCN1. The van der Waals surface area contributed by atoms with E-state index in [0.717, 1.165) is 24.9 Å². The third-order valence-corrected chi connectivity index (χ3v) is 2.98. The summed E-state index contributed by atoms with van der Waals surface area (Å²) in [5, 5.41) is 6.01. The number of hydrogen-bond donors (Lipinski definition) is 2. The molecule has 1 heterocycles. The monoisotopic (exact) mass is 236 g/mol. The van der Waals surface area contributed by atoms with E-state index in [9.17, 15) is 9.18 Å². The number of amides is 1. The molecule has 0 saturated carbocycles. The first-order valence-electron chi connectivity index (χ1n) is 6.01. The fourth-order valence-corrected chi connectivity index (χ4v) is 2.05. The summed E-state index contributed by atoms with van der Waals surface area (Å²) < 4.78 is 12.9. The number of carbonyl (C=O) groups is 1. The lowest BCUT2D eigenvalue weighted by atomic mass is 10.1. The molecule has 4 heteroatoms. The third kappa shape index (κ3) is 3.53. The molecule has 92 valence electrons. The molecule has 1 amide bonds. The standard InChI is InChI=1S/C13H17FN2O/c14-11-4-1-3-10(9-11)6-8-16-13(17)12-5-2-7-15-12/h1,3-4,9,12,15H,2,5-8H2,(H,16,17). The Labute approximate surface area is 100 Å². The number of benzene rings is 1. The zero-order valence-corrected chi connectivity index (χ0v) is 9.71. The van der Waals surface area contributed by atoms with Crippen molar-refractivity contribution in [2.75, 3.05) is 13.1 Å². The van der Waals surface area contributed by atoms with E-state index in [2.05, 4.69) is 10.6 Å². The molecule has 1 aromatic carbocycles. The topological polar surface area (TPSA) is 41.1 Å². The van der Waals surface area contributed by atoms with Gasteiger partial charge in [-0.1, -0.05) is 12.1 Å². The predicted octanol–water partition coefficient (Wildman–Crippen LogP) is 1.24. The molecule has 0 radical (unpaired) electrons. The molecule has 0 bridgehead atoms. The van der Waals surface area contributed by atoms with Gasteiger partial charge >= 0.3 is 0 Å². The lowest BCUT2D eigenvalue weighted by molar-refractivity contribution is -0.122. The van der Waals surface area contributed by atoms with Crippen molar-refractivity contribution < 1.29 is 9.18 Å². The largest absolute Gasteiger partial charge is 0.354 e. The van der Waals surface area contributed by atoms with Gasteiger partial charge in [-0.3, -0.25) is 4.79 Å². The molecule has 2 N–H and O–H groups in total. The molecule has 0 aromatic heterocycles. The van der Waals surface area contributed by atoms with Crippen LogP contribution in [0.1, 0.15) is 18.4 Å². The Morgan fingerprint density at radius 1 is 1.53 bits per heavy atom. The van der Waals surface area contributed by atoms with E-state index in [1.54, 1.807) is 6.07 Å². The average molecular weight is 236 g/mol. The Hall–Kier alpha value is -1.42. The van der Waals surface area contributed by atoms with Gasteiger partial charge in [0.1, 0.15) is 5.82 Å². The highest BCUT2D eigenvalue weighted by Crippen LogP contribution is 2.05. The summed E-state index contributed by atoms with van der Waals surface area (Å²) >= 11 is 0. The number of carbonyl (C=O) groups excluding carboxylic acids is 1. The summed E-state index contributed by atoms with van der Waals surface area (Å²) in [6.45, 7) is 1.47. The van der Waals surface area contributed by atoms with Crippen LogP contribution < -0.4 is 10.6 Å². The highest BCUT2D eigenvalue weighted by molar-refractivity contribution is 5.81. The molecule has 0 aliphatic carbocycles. The minimum absolute atomic E-state index is 0.0393. The zero-order chi connectivity index (χ0) is 12.1. The lowest BCUT2D eigenvalue weighted by Gasteiger charge is -2.10. The molecule has 1 atom stereocenters. The highest BCUT2D eigenvalue weighted by Gasteiger charge is 2.21. The Balaban J connectivity index is 1.73. The second kappa shape index (κ2) is 5.77. The van der Waals surface area contributed by atoms with Crippen LogP contribution >= 0.6 is 0 Å². The maximum atomic E-state index is 12.9. The Kier molecular flexibility index (Phi) is 4.09. The second-order valence-electron chi connectivity index (χ2n) is 4.32. The van der Waals surface area contributed by atoms with E-state index in [4.69, 9.17) is 0 Å². The van der Waals surface area contributed by atoms with Gasteiger partial charge in [0.25, 0.3) is 0 Å². The minimum atomic E-state index is -0.230. The maximum Gasteiger partial charge on any atom is 0.237 e. The van der Waals surface area contributed by atoms with Crippen molar-refractivity contribution in [3.63, 3.8) is 0 Å². The first-order chi connectivity index (χ1) is 8.25. The quantitative estimate of drug-likeness (QED) is 0.825. The summed E-state index contributed by atoms with van der Waals surface area (Å²) in [5.74, 6) is -0.176. The van der Waals surface area contributed by atoms with Crippen LogP contribution in [0.2, 0.25) is 0 Å². The molecule has 17 heavy (non-hydrogen) atoms. The summed E-state index contributed by atoms with van der Waals surface area (Å²) in [4.78, 5) is 11.7. The fraction of sp³-hybridized carbons (Fsp3) is 0.462. The van der Waals surface area contributed by atoms with Gasteiger partial charge in [-0.15, -0.1) is 0 Å². The molecule has 1 aliphatic heterocycles. The van der Waals surface area contributed by atoms with Crippen LogP contribution in [0.4, 0.5) is 4.39 Å². The van der Waals surface area contributed by atoms with Crippen molar-refractivity contribution in [3.05, 3.63) is 35.6 Å². The summed E-state index contributed by atoms with van der Waals surface area (Å²) in [7, 11) is 0. The zero-order valence-electron chi connectivity index (χ0n) is 9.71. The minimum Gasteiger partial charge on any atom is -0.354 e. The van der Waals surface area contributed by atoms with E-state index in [-0.39, 0.29) is 17.8 Å². The Morgan fingerprint density at radius 2 is 2.41 bits per heavy atom. The van der Waals surface area contributed by atoms with E-state index in [1.807, 2.05) is 6.07 Å². The first-order valence-corrected chi connectivity index (χ1v) is 6.01. The van der Waals surface area contributed by atoms with Crippen LogP contribution in [-0.4, -0.2) is 25.0 Å². The molecule has 1 aliphatic rings. The molecular weight excluding hydrogens is 219 g/mol. The molecule has 1 aromatic rings. The van der Waals surface area contributed by atoms with Gasteiger partial charge in [-0.05, 0) is 43.5 Å². The highest BCUT2D eigenvalue weighted by atomic mass is 19.1.